The summed E-state index contributed by atoms with van der Waals surface area (Å²) in [5, 5.41) is 23.7. The first-order valence-corrected chi connectivity index (χ1v) is 6.88. The summed E-state index contributed by atoms with van der Waals surface area (Å²) in [6.45, 7) is -0.0383. The molecule has 7 heteroatoms. The van der Waals surface area contributed by atoms with Gasteiger partial charge in [0.2, 0.25) is 0 Å². The number of nitrogens with zero attached hydrogens (tertiary/aromatic N) is 1. The van der Waals surface area contributed by atoms with Crippen LogP contribution in [0.15, 0.2) is 46.9 Å². The summed E-state index contributed by atoms with van der Waals surface area (Å²) in [6.07, 6.45) is -1.10. The molecule has 110 valence electrons. The molecule has 0 saturated heterocycles. The number of rotatable bonds is 5. The van der Waals surface area contributed by atoms with Gasteiger partial charge in [-0.2, -0.15) is 0 Å². The molecule has 2 rings (SSSR count). The Kier molecular flexibility index (Phi) is 4.87. The zero-order valence-corrected chi connectivity index (χ0v) is 12.4. The molecular formula is C14H12BrFN2O3. The van der Waals surface area contributed by atoms with Crippen molar-refractivity contribution in [2.24, 2.45) is 0 Å². The van der Waals surface area contributed by atoms with Crippen LogP contribution in [0.3, 0.4) is 0 Å². The Labute approximate surface area is 128 Å². The molecule has 0 bridgehead atoms. The van der Waals surface area contributed by atoms with Crippen LogP contribution in [0.2, 0.25) is 0 Å². The van der Waals surface area contributed by atoms with E-state index in [2.05, 4.69) is 21.2 Å². The number of nitrogens with one attached hydrogen (secondary N) is 1. The fourth-order valence-electron chi connectivity index (χ4n) is 1.87. The average Bonchev–Trinajstić information content (AvgIpc) is 2.46. The molecule has 0 aromatic heterocycles. The molecule has 0 aliphatic rings. The molecule has 21 heavy (non-hydrogen) atoms. The Morgan fingerprint density at radius 3 is 2.71 bits per heavy atom. The number of hydrogen-bond acceptors (Lipinski definition) is 4. The predicted octanol–water partition coefficient (Wildman–Crippen LogP) is 3.64. The molecule has 0 fully saturated rings. The Morgan fingerprint density at radius 2 is 2.05 bits per heavy atom. The maximum Gasteiger partial charge on any atom is 0.293 e. The molecule has 0 aliphatic heterocycles. The molecule has 0 heterocycles. The Hall–Kier alpha value is -1.99. The third kappa shape index (κ3) is 3.77. The second-order valence-electron chi connectivity index (χ2n) is 4.34. The highest BCUT2D eigenvalue weighted by molar-refractivity contribution is 9.10. The average molecular weight is 355 g/mol. The Balaban J connectivity index is 2.13. The van der Waals surface area contributed by atoms with Crippen LogP contribution in [0.4, 0.5) is 15.8 Å². The minimum absolute atomic E-state index is 0.0383. The van der Waals surface area contributed by atoms with Crippen LogP contribution in [0.25, 0.3) is 0 Å². The Morgan fingerprint density at radius 1 is 1.33 bits per heavy atom. The minimum atomic E-state index is -1.10. The molecule has 0 saturated carbocycles. The van der Waals surface area contributed by atoms with Gasteiger partial charge in [-0.1, -0.05) is 34.1 Å². The minimum Gasteiger partial charge on any atom is -0.386 e. The number of nitro groups is 1. The van der Waals surface area contributed by atoms with Crippen LogP contribution in [0.1, 0.15) is 11.7 Å². The second kappa shape index (κ2) is 6.64. The fourth-order valence-corrected chi connectivity index (χ4v) is 2.22. The number of benzene rings is 2. The third-order valence-corrected chi connectivity index (χ3v) is 3.40. The van der Waals surface area contributed by atoms with Crippen molar-refractivity contribution in [2.45, 2.75) is 6.10 Å². The van der Waals surface area contributed by atoms with Gasteiger partial charge < -0.3 is 10.4 Å². The smallest absolute Gasteiger partial charge is 0.293 e. The monoisotopic (exact) mass is 354 g/mol. The summed E-state index contributed by atoms with van der Waals surface area (Å²) < 4.78 is 14.1. The molecular weight excluding hydrogens is 343 g/mol. The van der Waals surface area contributed by atoms with E-state index < -0.39 is 16.8 Å². The van der Waals surface area contributed by atoms with Gasteiger partial charge in [0.15, 0.2) is 0 Å². The first-order valence-electron chi connectivity index (χ1n) is 6.09. The van der Waals surface area contributed by atoms with Crippen LogP contribution in [0.5, 0.6) is 0 Å². The van der Waals surface area contributed by atoms with Gasteiger partial charge in [0.1, 0.15) is 11.5 Å². The number of nitro benzene ring substituents is 1. The molecule has 0 radical (unpaired) electrons. The molecule has 0 aliphatic carbocycles. The maximum atomic E-state index is 13.5. The molecule has 2 aromatic rings. The summed E-state index contributed by atoms with van der Waals surface area (Å²) in [5.41, 5.74) is 0.286. The van der Waals surface area contributed by atoms with Gasteiger partial charge in [-0.15, -0.1) is 0 Å². The van der Waals surface area contributed by atoms with Crippen molar-refractivity contribution in [1.82, 2.24) is 0 Å². The van der Waals surface area contributed by atoms with E-state index in [1.165, 1.54) is 30.3 Å². The van der Waals surface area contributed by atoms with Crippen molar-refractivity contribution in [3.05, 3.63) is 68.4 Å². The summed E-state index contributed by atoms with van der Waals surface area (Å²) in [5.74, 6) is -0.517. The number of hydrogen-bond donors (Lipinski definition) is 2. The van der Waals surface area contributed by atoms with Crippen molar-refractivity contribution in [3.63, 3.8) is 0 Å². The number of anilines is 1. The highest BCUT2D eigenvalue weighted by Gasteiger charge is 2.17. The van der Waals surface area contributed by atoms with Crippen LogP contribution in [0, 0.1) is 15.9 Å². The van der Waals surface area contributed by atoms with Crippen molar-refractivity contribution in [3.8, 4) is 0 Å². The first kappa shape index (κ1) is 15.4. The van der Waals surface area contributed by atoms with Crippen LogP contribution in [-0.2, 0) is 0 Å². The van der Waals surface area contributed by atoms with Crippen LogP contribution >= 0.6 is 15.9 Å². The molecule has 0 amide bonds. The molecule has 1 unspecified atom stereocenters. The quantitative estimate of drug-likeness (QED) is 0.634. The van der Waals surface area contributed by atoms with E-state index in [-0.39, 0.29) is 23.5 Å². The van der Waals surface area contributed by atoms with Crippen molar-refractivity contribution in [1.29, 1.82) is 0 Å². The lowest BCUT2D eigenvalue weighted by molar-refractivity contribution is -0.384. The lowest BCUT2D eigenvalue weighted by Crippen LogP contribution is -2.14. The van der Waals surface area contributed by atoms with Crippen molar-refractivity contribution >= 4 is 27.3 Å². The van der Waals surface area contributed by atoms with Crippen LogP contribution < -0.4 is 5.32 Å². The fraction of sp³-hybridized carbons (Fsp3) is 0.143. The van der Waals surface area contributed by atoms with Gasteiger partial charge in [0.25, 0.3) is 5.69 Å². The maximum absolute atomic E-state index is 13.5. The van der Waals surface area contributed by atoms with Gasteiger partial charge in [-0.3, -0.25) is 10.1 Å². The van der Waals surface area contributed by atoms with E-state index in [0.717, 1.165) is 0 Å². The number of aliphatic hydroxyl groups excluding tert-OH is 1. The zero-order chi connectivity index (χ0) is 15.4. The predicted molar refractivity (Wildman–Crippen MR) is 80.6 cm³/mol. The third-order valence-electron chi connectivity index (χ3n) is 2.91. The van der Waals surface area contributed by atoms with Crippen LogP contribution in [-0.4, -0.2) is 16.6 Å². The largest absolute Gasteiger partial charge is 0.386 e. The summed E-state index contributed by atoms with van der Waals surface area (Å²) in [6, 6.07) is 10.4. The normalized spacial score (nSPS) is 12.0. The van der Waals surface area contributed by atoms with Gasteiger partial charge >= 0.3 is 0 Å². The molecule has 5 nitrogen and oxygen atoms in total. The second-order valence-corrected chi connectivity index (χ2v) is 5.25. The molecule has 1 atom stereocenters. The molecule has 2 N–H and O–H groups in total. The van der Waals surface area contributed by atoms with E-state index in [1.807, 2.05) is 0 Å². The lowest BCUT2D eigenvalue weighted by Gasteiger charge is -2.14. The van der Waals surface area contributed by atoms with Gasteiger partial charge in [0, 0.05) is 22.6 Å². The van der Waals surface area contributed by atoms with E-state index in [9.17, 15) is 19.6 Å². The van der Waals surface area contributed by atoms with Gasteiger partial charge in [-0.25, -0.2) is 4.39 Å². The van der Waals surface area contributed by atoms with E-state index in [0.29, 0.717) is 4.47 Å². The topological polar surface area (TPSA) is 75.4 Å². The SMILES string of the molecule is O=[N+]([O-])c1cc(Br)ccc1NCC(O)c1ccccc1F. The first-order chi connectivity index (χ1) is 9.99. The summed E-state index contributed by atoms with van der Waals surface area (Å²) in [7, 11) is 0. The number of halogens is 2. The van der Waals surface area contributed by atoms with Gasteiger partial charge in [-0.05, 0) is 18.2 Å². The van der Waals surface area contributed by atoms with E-state index in [1.54, 1.807) is 12.1 Å². The molecule has 2 aromatic carbocycles. The standard InChI is InChI=1S/C14H12BrFN2O3/c15-9-5-6-12(13(7-9)18(20)21)17-8-14(19)10-3-1-2-4-11(10)16/h1-7,14,17,19H,8H2. The zero-order valence-electron chi connectivity index (χ0n) is 10.8. The number of aliphatic hydroxyl groups is 1. The van der Waals surface area contributed by atoms with E-state index in [4.69, 9.17) is 0 Å². The lowest BCUT2D eigenvalue weighted by atomic mass is 10.1. The molecule has 0 spiro atoms. The van der Waals surface area contributed by atoms with Gasteiger partial charge in [0.05, 0.1) is 11.0 Å². The highest BCUT2D eigenvalue weighted by atomic mass is 79.9. The summed E-state index contributed by atoms with van der Waals surface area (Å²) in [4.78, 5) is 10.4. The highest BCUT2D eigenvalue weighted by Crippen LogP contribution is 2.28. The van der Waals surface area contributed by atoms with Crippen molar-refractivity contribution < 1.29 is 14.4 Å². The Bertz CT molecular complexity index is 666. The van der Waals surface area contributed by atoms with E-state index >= 15 is 0 Å². The van der Waals surface area contributed by atoms with Crippen molar-refractivity contribution in [2.75, 3.05) is 11.9 Å². The summed E-state index contributed by atoms with van der Waals surface area (Å²) >= 11 is 3.16.